The minimum absolute atomic E-state index is 0.556. The quantitative estimate of drug-likeness (QED) is 0.341. The molecule has 2 nitrogen and oxygen atoms in total. The van der Waals surface area contributed by atoms with E-state index < -0.39 is 5.41 Å². The van der Waals surface area contributed by atoms with E-state index in [1.54, 1.807) is 0 Å². The largest absolute Gasteiger partial charge is 0.259 e. The molecule has 3 aromatic carbocycles. The predicted molar refractivity (Wildman–Crippen MR) is 125 cm³/mol. The van der Waals surface area contributed by atoms with E-state index in [4.69, 9.17) is 9.97 Å². The van der Waals surface area contributed by atoms with Gasteiger partial charge in [-0.1, -0.05) is 97.1 Å². The molecule has 0 N–H and O–H groups in total. The average molecular weight is 396 g/mol. The summed E-state index contributed by atoms with van der Waals surface area (Å²) in [5.74, 6) is 0. The van der Waals surface area contributed by atoms with E-state index in [2.05, 4.69) is 103 Å². The maximum atomic E-state index is 5.23. The van der Waals surface area contributed by atoms with Gasteiger partial charge in [0.05, 0.1) is 17.1 Å². The van der Waals surface area contributed by atoms with Crippen molar-refractivity contribution in [3.8, 4) is 22.4 Å². The Bertz CT molecular complexity index is 1330. The van der Waals surface area contributed by atoms with Crippen LogP contribution in [0.2, 0.25) is 0 Å². The van der Waals surface area contributed by atoms with Gasteiger partial charge in [-0.05, 0) is 34.9 Å². The van der Waals surface area contributed by atoms with Crippen molar-refractivity contribution >= 4 is 0 Å². The smallest absolute Gasteiger partial charge is 0.106 e. The highest BCUT2D eigenvalue weighted by Gasteiger charge is 2.48. The Morgan fingerprint density at radius 1 is 0.548 bits per heavy atom. The van der Waals surface area contributed by atoms with Crippen molar-refractivity contribution in [3.05, 3.63) is 144 Å². The molecule has 0 saturated carbocycles. The molecule has 146 valence electrons. The van der Waals surface area contributed by atoms with Gasteiger partial charge in [0.25, 0.3) is 0 Å². The lowest BCUT2D eigenvalue weighted by Gasteiger charge is -2.31. The Hall–Kier alpha value is -4.04. The zero-order valence-corrected chi connectivity index (χ0v) is 16.9. The second-order valence-corrected chi connectivity index (χ2v) is 7.84. The normalized spacial score (nSPS) is 16.5. The summed E-state index contributed by atoms with van der Waals surface area (Å²) in [6.45, 7) is 0. The molecule has 2 heteroatoms. The van der Waals surface area contributed by atoms with Gasteiger partial charge in [0, 0.05) is 17.3 Å². The lowest BCUT2D eigenvalue weighted by atomic mass is 9.71. The van der Waals surface area contributed by atoms with Crippen LogP contribution in [0.1, 0.15) is 22.5 Å². The van der Waals surface area contributed by atoms with Crippen molar-refractivity contribution in [2.45, 2.75) is 5.41 Å². The monoisotopic (exact) mass is 396 g/mol. The molecule has 0 fully saturated rings. The minimum atomic E-state index is -0.556. The number of aromatic nitrogens is 2. The standard InChI is InChI=1S/C29H20N2/c1-3-11-21(12-4-1)26-18-9-19-27(31-26)29(22-13-5-2-6-14-22)25-17-8-7-15-23(25)24-16-10-20-30-28(24)29/h1-20H/t29-/m1/s1. The zero-order valence-electron chi connectivity index (χ0n) is 16.9. The molecule has 0 aliphatic heterocycles. The lowest BCUT2D eigenvalue weighted by Crippen LogP contribution is -2.30. The lowest BCUT2D eigenvalue weighted by molar-refractivity contribution is 0.710. The van der Waals surface area contributed by atoms with Crippen LogP contribution in [0.25, 0.3) is 22.4 Å². The number of nitrogens with zero attached hydrogens (tertiary/aromatic N) is 2. The van der Waals surface area contributed by atoms with E-state index in [9.17, 15) is 0 Å². The van der Waals surface area contributed by atoms with Crippen LogP contribution in [0.4, 0.5) is 0 Å². The third kappa shape index (κ3) is 2.58. The number of pyridine rings is 2. The fourth-order valence-corrected chi connectivity index (χ4v) is 4.89. The van der Waals surface area contributed by atoms with Gasteiger partial charge >= 0.3 is 0 Å². The van der Waals surface area contributed by atoms with Crippen LogP contribution in [0.15, 0.2) is 121 Å². The predicted octanol–water partition coefficient (Wildman–Crippen LogP) is 6.51. The van der Waals surface area contributed by atoms with E-state index in [1.807, 2.05) is 18.3 Å². The van der Waals surface area contributed by atoms with Crippen LogP contribution in [0, 0.1) is 0 Å². The highest BCUT2D eigenvalue weighted by atomic mass is 14.8. The van der Waals surface area contributed by atoms with Crippen LogP contribution in [-0.4, -0.2) is 9.97 Å². The first-order chi connectivity index (χ1) is 15.4. The van der Waals surface area contributed by atoms with Gasteiger partial charge in [-0.15, -0.1) is 0 Å². The molecule has 6 rings (SSSR count). The van der Waals surface area contributed by atoms with Crippen molar-refractivity contribution in [3.63, 3.8) is 0 Å². The Balaban J connectivity index is 1.72. The summed E-state index contributed by atoms with van der Waals surface area (Å²) >= 11 is 0. The van der Waals surface area contributed by atoms with Crippen LogP contribution in [0.5, 0.6) is 0 Å². The van der Waals surface area contributed by atoms with Crippen LogP contribution >= 0.6 is 0 Å². The van der Waals surface area contributed by atoms with Crippen molar-refractivity contribution in [2.24, 2.45) is 0 Å². The molecule has 0 saturated heterocycles. The van der Waals surface area contributed by atoms with Crippen molar-refractivity contribution in [2.75, 3.05) is 0 Å². The first kappa shape index (κ1) is 17.8. The Morgan fingerprint density at radius 3 is 2.10 bits per heavy atom. The molecule has 2 heterocycles. The second kappa shape index (κ2) is 7.03. The SMILES string of the molecule is c1ccc(-c2cccc([C@@]3(c4ccccc4)c4ccccc4-c4cccnc43)n2)cc1. The summed E-state index contributed by atoms with van der Waals surface area (Å²) in [4.78, 5) is 10.2. The van der Waals surface area contributed by atoms with Gasteiger partial charge < -0.3 is 0 Å². The summed E-state index contributed by atoms with van der Waals surface area (Å²) in [5, 5.41) is 0. The van der Waals surface area contributed by atoms with Crippen LogP contribution < -0.4 is 0 Å². The average Bonchev–Trinajstić information content (AvgIpc) is 3.17. The molecular formula is C29H20N2. The summed E-state index contributed by atoms with van der Waals surface area (Å²) in [7, 11) is 0. The van der Waals surface area contributed by atoms with Gasteiger partial charge in [0.2, 0.25) is 0 Å². The second-order valence-electron chi connectivity index (χ2n) is 7.84. The molecule has 5 aromatic rings. The summed E-state index contributed by atoms with van der Waals surface area (Å²) in [5.41, 5.74) is 8.36. The molecule has 0 amide bonds. The van der Waals surface area contributed by atoms with Gasteiger partial charge in [-0.2, -0.15) is 0 Å². The van der Waals surface area contributed by atoms with Crippen LogP contribution in [0.3, 0.4) is 0 Å². The fourth-order valence-electron chi connectivity index (χ4n) is 4.89. The van der Waals surface area contributed by atoms with Crippen LogP contribution in [-0.2, 0) is 5.41 Å². The Labute approximate surface area is 181 Å². The first-order valence-corrected chi connectivity index (χ1v) is 10.5. The van der Waals surface area contributed by atoms with E-state index in [0.717, 1.165) is 22.6 Å². The maximum absolute atomic E-state index is 5.23. The number of benzene rings is 3. The summed E-state index contributed by atoms with van der Waals surface area (Å²) in [6.07, 6.45) is 1.89. The van der Waals surface area contributed by atoms with E-state index >= 15 is 0 Å². The molecule has 0 spiro atoms. The van der Waals surface area contributed by atoms with Crippen molar-refractivity contribution in [1.82, 2.24) is 9.97 Å². The molecule has 1 aliphatic carbocycles. The third-order valence-corrected chi connectivity index (χ3v) is 6.19. The van der Waals surface area contributed by atoms with Gasteiger partial charge in [0.1, 0.15) is 5.41 Å². The highest BCUT2D eigenvalue weighted by molar-refractivity contribution is 5.84. The zero-order chi connectivity index (χ0) is 20.7. The maximum Gasteiger partial charge on any atom is 0.106 e. The third-order valence-electron chi connectivity index (χ3n) is 6.19. The molecule has 0 radical (unpaired) electrons. The molecule has 2 aromatic heterocycles. The summed E-state index contributed by atoms with van der Waals surface area (Å²) in [6, 6.07) is 40.2. The molecule has 0 unspecified atom stereocenters. The molecule has 31 heavy (non-hydrogen) atoms. The Morgan fingerprint density at radius 2 is 1.26 bits per heavy atom. The van der Waals surface area contributed by atoms with Gasteiger partial charge in [0.15, 0.2) is 0 Å². The van der Waals surface area contributed by atoms with E-state index in [1.165, 1.54) is 22.3 Å². The number of hydrogen-bond acceptors (Lipinski definition) is 2. The van der Waals surface area contributed by atoms with Crippen molar-refractivity contribution < 1.29 is 0 Å². The van der Waals surface area contributed by atoms with E-state index in [0.29, 0.717) is 0 Å². The Kier molecular flexibility index (Phi) is 4.03. The molecule has 1 atom stereocenters. The number of hydrogen-bond donors (Lipinski definition) is 0. The number of fused-ring (bicyclic) bond motifs is 3. The first-order valence-electron chi connectivity index (χ1n) is 10.5. The molecule has 0 bridgehead atoms. The minimum Gasteiger partial charge on any atom is -0.259 e. The molecule has 1 aliphatic rings. The van der Waals surface area contributed by atoms with E-state index in [-0.39, 0.29) is 0 Å². The highest BCUT2D eigenvalue weighted by Crippen LogP contribution is 2.54. The number of rotatable bonds is 3. The fraction of sp³-hybridized carbons (Fsp3) is 0.0345. The topological polar surface area (TPSA) is 25.8 Å². The van der Waals surface area contributed by atoms with Gasteiger partial charge in [-0.25, -0.2) is 0 Å². The van der Waals surface area contributed by atoms with Crippen molar-refractivity contribution in [1.29, 1.82) is 0 Å². The molecular weight excluding hydrogens is 376 g/mol. The summed E-state index contributed by atoms with van der Waals surface area (Å²) < 4.78 is 0. The van der Waals surface area contributed by atoms with Gasteiger partial charge in [-0.3, -0.25) is 9.97 Å².